The standard InChI is InChI=1S/C19H29NO6S/c1-2-20(15-3-4-27(24,25)11-15)16(21)10-26-17(22)18-6-13-5-14(7-18)9-19(23,8-13)12-18/h13-15,23H,2-12H2,1H3/t13-,14+,15-,18?,19?/m0/s1. The third kappa shape index (κ3) is 3.50. The first-order valence-corrected chi connectivity index (χ1v) is 11.9. The lowest BCUT2D eigenvalue weighted by Crippen LogP contribution is -2.58. The topological polar surface area (TPSA) is 101 Å². The third-order valence-electron chi connectivity index (χ3n) is 7.10. The summed E-state index contributed by atoms with van der Waals surface area (Å²) in [5, 5.41) is 10.8. The van der Waals surface area contributed by atoms with Crippen molar-refractivity contribution in [3.8, 4) is 0 Å². The molecule has 4 aliphatic carbocycles. The number of likely N-dealkylation sites (N-methyl/N-ethyl adjacent to an activating group) is 1. The summed E-state index contributed by atoms with van der Waals surface area (Å²) in [4.78, 5) is 27.0. The van der Waals surface area contributed by atoms with Crippen LogP contribution in [0.1, 0.15) is 51.9 Å². The molecule has 5 atom stereocenters. The number of carbonyl (C=O) groups excluding carboxylic acids is 2. The quantitative estimate of drug-likeness (QED) is 0.689. The van der Waals surface area contributed by atoms with Crippen molar-refractivity contribution < 1.29 is 27.9 Å². The van der Waals surface area contributed by atoms with Crippen molar-refractivity contribution in [2.45, 2.75) is 63.5 Å². The van der Waals surface area contributed by atoms with Crippen LogP contribution in [-0.4, -0.2) is 66.6 Å². The number of hydrogen-bond acceptors (Lipinski definition) is 6. The molecule has 27 heavy (non-hydrogen) atoms. The molecule has 0 spiro atoms. The minimum Gasteiger partial charge on any atom is -0.455 e. The zero-order valence-electron chi connectivity index (χ0n) is 15.9. The summed E-state index contributed by atoms with van der Waals surface area (Å²) in [5.41, 5.74) is -1.40. The molecule has 152 valence electrons. The van der Waals surface area contributed by atoms with E-state index in [2.05, 4.69) is 0 Å². The Kier molecular flexibility index (Phi) is 4.57. The number of nitrogens with zero attached hydrogens (tertiary/aromatic N) is 1. The molecule has 1 N–H and O–H groups in total. The fraction of sp³-hybridized carbons (Fsp3) is 0.895. The molecule has 2 unspecified atom stereocenters. The van der Waals surface area contributed by atoms with Gasteiger partial charge in [-0.15, -0.1) is 0 Å². The van der Waals surface area contributed by atoms with E-state index in [1.165, 1.54) is 4.90 Å². The maximum absolute atomic E-state index is 12.9. The van der Waals surface area contributed by atoms with E-state index in [4.69, 9.17) is 4.74 Å². The zero-order chi connectivity index (χ0) is 19.4. The molecule has 0 aromatic rings. The largest absolute Gasteiger partial charge is 0.455 e. The van der Waals surface area contributed by atoms with Gasteiger partial charge in [0.2, 0.25) is 0 Å². The van der Waals surface area contributed by atoms with Crippen molar-refractivity contribution >= 4 is 21.7 Å². The van der Waals surface area contributed by atoms with Gasteiger partial charge in [-0.1, -0.05) is 0 Å². The maximum Gasteiger partial charge on any atom is 0.312 e. The van der Waals surface area contributed by atoms with Gasteiger partial charge in [0.25, 0.3) is 5.91 Å². The number of ether oxygens (including phenoxy) is 1. The monoisotopic (exact) mass is 399 g/mol. The number of carbonyl (C=O) groups is 2. The van der Waals surface area contributed by atoms with Gasteiger partial charge in [0, 0.05) is 12.6 Å². The van der Waals surface area contributed by atoms with E-state index in [0.29, 0.717) is 31.2 Å². The van der Waals surface area contributed by atoms with E-state index < -0.39 is 20.9 Å². The summed E-state index contributed by atoms with van der Waals surface area (Å²) >= 11 is 0. The van der Waals surface area contributed by atoms with Gasteiger partial charge in [-0.05, 0) is 63.7 Å². The zero-order valence-corrected chi connectivity index (χ0v) is 16.7. The Balaban J connectivity index is 1.38. The first kappa shape index (κ1) is 19.2. The fourth-order valence-corrected chi connectivity index (χ4v) is 8.21. The molecule has 5 rings (SSSR count). The van der Waals surface area contributed by atoms with Gasteiger partial charge in [0.05, 0.1) is 22.5 Å². The van der Waals surface area contributed by atoms with Crippen molar-refractivity contribution in [3.05, 3.63) is 0 Å². The molecule has 1 aliphatic heterocycles. The SMILES string of the molecule is CCN(C(=O)COC(=O)C12C[C@@H]3C[C@@H](CC(O)(C3)C1)C2)[C@H]1CCS(=O)(=O)C1. The molecule has 8 heteroatoms. The van der Waals surface area contributed by atoms with Crippen LogP contribution in [0.5, 0.6) is 0 Å². The fourth-order valence-electron chi connectivity index (χ4n) is 6.48. The van der Waals surface area contributed by atoms with E-state index in [1.807, 2.05) is 0 Å². The number of rotatable bonds is 5. The van der Waals surface area contributed by atoms with Crippen LogP contribution in [-0.2, 0) is 24.2 Å². The second kappa shape index (κ2) is 6.44. The molecule has 4 bridgehead atoms. The molecular weight excluding hydrogens is 370 g/mol. The van der Waals surface area contributed by atoms with Crippen molar-refractivity contribution in [1.82, 2.24) is 4.90 Å². The lowest BCUT2D eigenvalue weighted by Gasteiger charge is -2.58. The van der Waals surface area contributed by atoms with E-state index in [-0.39, 0.29) is 36.0 Å². The highest BCUT2D eigenvalue weighted by Crippen LogP contribution is 2.61. The Morgan fingerprint density at radius 2 is 1.85 bits per heavy atom. The van der Waals surface area contributed by atoms with Crippen LogP contribution in [0.3, 0.4) is 0 Å². The molecule has 1 amide bonds. The number of aliphatic hydroxyl groups is 1. The van der Waals surface area contributed by atoms with Crippen molar-refractivity contribution in [3.63, 3.8) is 0 Å². The lowest BCUT2D eigenvalue weighted by atomic mass is 9.48. The van der Waals surface area contributed by atoms with Gasteiger partial charge in [0.1, 0.15) is 0 Å². The van der Waals surface area contributed by atoms with Crippen molar-refractivity contribution in [2.75, 3.05) is 24.7 Å². The predicted molar refractivity (Wildman–Crippen MR) is 97.5 cm³/mol. The van der Waals surface area contributed by atoms with Gasteiger partial charge >= 0.3 is 5.97 Å². The summed E-state index contributed by atoms with van der Waals surface area (Å²) in [5.74, 6) is 0.132. The Hall–Kier alpha value is -1.15. The van der Waals surface area contributed by atoms with Gasteiger partial charge in [0.15, 0.2) is 16.4 Å². The molecule has 0 aromatic carbocycles. The molecule has 0 aromatic heterocycles. The molecule has 1 saturated heterocycles. The normalized spacial score (nSPS) is 41.5. The van der Waals surface area contributed by atoms with Crippen LogP contribution in [0.25, 0.3) is 0 Å². The van der Waals surface area contributed by atoms with Gasteiger partial charge in [-0.3, -0.25) is 9.59 Å². The molecule has 5 aliphatic rings. The van der Waals surface area contributed by atoms with Crippen LogP contribution in [0, 0.1) is 17.3 Å². The summed E-state index contributed by atoms with van der Waals surface area (Å²) in [7, 11) is -3.08. The van der Waals surface area contributed by atoms with Crippen LogP contribution in [0.4, 0.5) is 0 Å². The van der Waals surface area contributed by atoms with Gasteiger partial charge in [-0.2, -0.15) is 0 Å². The number of sulfone groups is 1. The average molecular weight is 400 g/mol. The third-order valence-corrected chi connectivity index (χ3v) is 8.85. The summed E-state index contributed by atoms with van der Waals surface area (Å²) < 4.78 is 28.8. The second-order valence-corrected chi connectivity index (χ2v) is 11.5. The second-order valence-electron chi connectivity index (χ2n) is 9.28. The van der Waals surface area contributed by atoms with E-state index in [1.54, 1.807) is 6.92 Å². The van der Waals surface area contributed by atoms with E-state index in [9.17, 15) is 23.1 Å². The van der Waals surface area contributed by atoms with Gasteiger partial charge < -0.3 is 14.7 Å². The lowest BCUT2D eigenvalue weighted by molar-refractivity contribution is -0.197. The summed E-state index contributed by atoms with van der Waals surface area (Å²) in [6.45, 7) is 1.85. The van der Waals surface area contributed by atoms with Crippen molar-refractivity contribution in [2.24, 2.45) is 17.3 Å². The first-order chi connectivity index (χ1) is 12.6. The Bertz CT molecular complexity index is 733. The highest BCUT2D eigenvalue weighted by Gasteiger charge is 2.61. The molecule has 5 fully saturated rings. The highest BCUT2D eigenvalue weighted by molar-refractivity contribution is 7.91. The Morgan fingerprint density at radius 3 is 2.37 bits per heavy atom. The average Bonchev–Trinajstić information content (AvgIpc) is 2.90. The number of amides is 1. The van der Waals surface area contributed by atoms with Gasteiger partial charge in [-0.25, -0.2) is 8.42 Å². The summed E-state index contributed by atoms with van der Waals surface area (Å²) in [6.07, 6.45) is 5.01. The minimum absolute atomic E-state index is 0.0130. The Morgan fingerprint density at radius 1 is 1.19 bits per heavy atom. The molecular formula is C19H29NO6S. The highest BCUT2D eigenvalue weighted by atomic mass is 32.2. The smallest absolute Gasteiger partial charge is 0.312 e. The predicted octanol–water partition coefficient (Wildman–Crippen LogP) is 0.896. The molecule has 0 radical (unpaired) electrons. The summed E-state index contributed by atoms with van der Waals surface area (Å²) in [6, 6.07) is -0.327. The van der Waals surface area contributed by atoms with E-state index in [0.717, 1.165) is 32.1 Å². The maximum atomic E-state index is 12.9. The van der Waals surface area contributed by atoms with Crippen LogP contribution >= 0.6 is 0 Å². The van der Waals surface area contributed by atoms with Crippen LogP contribution in [0.2, 0.25) is 0 Å². The number of hydrogen-bond donors (Lipinski definition) is 1. The molecule has 7 nitrogen and oxygen atoms in total. The first-order valence-electron chi connectivity index (χ1n) is 10.0. The Labute approximate surface area is 160 Å². The van der Waals surface area contributed by atoms with Crippen LogP contribution in [0.15, 0.2) is 0 Å². The van der Waals surface area contributed by atoms with Crippen molar-refractivity contribution in [1.29, 1.82) is 0 Å². The van der Waals surface area contributed by atoms with Crippen LogP contribution < -0.4 is 0 Å². The number of esters is 1. The molecule has 1 heterocycles. The van der Waals surface area contributed by atoms with E-state index >= 15 is 0 Å². The minimum atomic E-state index is -3.08. The molecule has 4 saturated carbocycles.